The van der Waals surface area contributed by atoms with Gasteiger partial charge in [-0.25, -0.2) is 4.79 Å². The molecule has 4 nitrogen and oxygen atoms in total. The molecule has 120 valence electrons. The summed E-state index contributed by atoms with van der Waals surface area (Å²) in [5, 5.41) is 11.3. The highest BCUT2D eigenvalue weighted by Crippen LogP contribution is 2.35. The minimum atomic E-state index is -0.588. The van der Waals surface area contributed by atoms with Crippen LogP contribution in [0.5, 0.6) is 0 Å². The Morgan fingerprint density at radius 2 is 1.95 bits per heavy atom. The van der Waals surface area contributed by atoms with Crippen LogP contribution in [0.3, 0.4) is 0 Å². The van der Waals surface area contributed by atoms with Crippen molar-refractivity contribution >= 4 is 32.9 Å². The second kappa shape index (κ2) is 6.05. The average molecular weight is 368 g/mol. The van der Waals surface area contributed by atoms with Gasteiger partial charge in [-0.1, -0.05) is 26.0 Å². The Balaban J connectivity index is 2.57. The van der Waals surface area contributed by atoms with Crippen molar-refractivity contribution in [2.45, 2.75) is 46.3 Å². The van der Waals surface area contributed by atoms with E-state index in [0.717, 1.165) is 20.9 Å². The number of hydrogen-bond donors (Lipinski definition) is 1. The first kappa shape index (κ1) is 17.0. The first-order valence-electron chi connectivity index (χ1n) is 7.32. The Kier molecular flexibility index (Phi) is 4.68. The lowest BCUT2D eigenvalue weighted by atomic mass is 9.96. The van der Waals surface area contributed by atoms with E-state index >= 15 is 0 Å². The molecule has 2 rings (SSSR count). The van der Waals surface area contributed by atoms with Gasteiger partial charge in [-0.3, -0.25) is 4.57 Å². The maximum Gasteiger partial charge on any atom is 0.419 e. The van der Waals surface area contributed by atoms with E-state index in [2.05, 4.69) is 15.9 Å². The summed E-state index contributed by atoms with van der Waals surface area (Å²) in [5.74, 6) is 0.0855. The number of aliphatic hydroxyl groups is 1. The normalized spacial score (nSPS) is 13.6. The van der Waals surface area contributed by atoms with E-state index < -0.39 is 17.8 Å². The van der Waals surface area contributed by atoms with Gasteiger partial charge in [0.25, 0.3) is 0 Å². The molecular formula is C17H22BrNO3. The van der Waals surface area contributed by atoms with Crippen LogP contribution in [0.15, 0.2) is 28.9 Å². The average Bonchev–Trinajstić information content (AvgIpc) is 2.73. The van der Waals surface area contributed by atoms with Crippen LogP contribution in [0, 0.1) is 5.92 Å². The SMILES string of the molecule is CC(C)[C@@H](O)c1cccc2c1c(Br)cn2C(=O)OC(C)(C)C. The minimum Gasteiger partial charge on any atom is -0.443 e. The van der Waals surface area contributed by atoms with Gasteiger partial charge in [-0.2, -0.15) is 0 Å². The number of rotatable bonds is 2. The molecule has 0 bridgehead atoms. The molecule has 1 aromatic heterocycles. The second-order valence-corrected chi connectivity index (χ2v) is 7.61. The van der Waals surface area contributed by atoms with Crippen LogP contribution in [0.1, 0.15) is 46.3 Å². The molecule has 22 heavy (non-hydrogen) atoms. The number of hydrogen-bond acceptors (Lipinski definition) is 3. The number of aliphatic hydroxyl groups excluding tert-OH is 1. The van der Waals surface area contributed by atoms with Crippen molar-refractivity contribution < 1.29 is 14.6 Å². The summed E-state index contributed by atoms with van der Waals surface area (Å²) in [6, 6.07) is 5.58. The van der Waals surface area contributed by atoms with Crippen LogP contribution < -0.4 is 0 Å². The zero-order chi connectivity index (χ0) is 16.7. The predicted octanol–water partition coefficient (Wildman–Crippen LogP) is 4.88. The van der Waals surface area contributed by atoms with Gasteiger partial charge in [0.2, 0.25) is 0 Å². The fraction of sp³-hybridized carbons (Fsp3) is 0.471. The Labute approximate surface area is 139 Å². The predicted molar refractivity (Wildman–Crippen MR) is 91.1 cm³/mol. The lowest BCUT2D eigenvalue weighted by molar-refractivity contribution is 0.0544. The van der Waals surface area contributed by atoms with Gasteiger partial charge in [0.1, 0.15) is 5.60 Å². The number of aromatic nitrogens is 1. The van der Waals surface area contributed by atoms with Crippen molar-refractivity contribution in [2.24, 2.45) is 5.92 Å². The van der Waals surface area contributed by atoms with E-state index in [1.165, 1.54) is 4.57 Å². The number of nitrogens with zero attached hydrogens (tertiary/aromatic N) is 1. The molecule has 0 saturated heterocycles. The molecule has 0 aliphatic carbocycles. The van der Waals surface area contributed by atoms with E-state index in [1.807, 2.05) is 52.8 Å². The summed E-state index contributed by atoms with van der Waals surface area (Å²) in [6.07, 6.45) is 0.670. The van der Waals surface area contributed by atoms with E-state index in [4.69, 9.17) is 4.74 Å². The van der Waals surface area contributed by atoms with Gasteiger partial charge < -0.3 is 9.84 Å². The summed E-state index contributed by atoms with van der Waals surface area (Å²) < 4.78 is 7.67. The first-order valence-corrected chi connectivity index (χ1v) is 8.12. The van der Waals surface area contributed by atoms with E-state index in [1.54, 1.807) is 6.20 Å². The van der Waals surface area contributed by atoms with E-state index in [9.17, 15) is 9.90 Å². The summed E-state index contributed by atoms with van der Waals surface area (Å²) >= 11 is 3.49. The topological polar surface area (TPSA) is 51.5 Å². The minimum absolute atomic E-state index is 0.0855. The number of benzene rings is 1. The fourth-order valence-electron chi connectivity index (χ4n) is 2.33. The molecule has 1 atom stereocenters. The highest BCUT2D eigenvalue weighted by Gasteiger charge is 2.23. The van der Waals surface area contributed by atoms with Gasteiger partial charge in [0.05, 0.1) is 11.6 Å². The summed E-state index contributed by atoms with van der Waals surface area (Å²) in [5.41, 5.74) is 0.967. The third kappa shape index (κ3) is 3.36. The smallest absolute Gasteiger partial charge is 0.419 e. The standard InChI is InChI=1S/C17H22BrNO3/c1-10(2)15(20)11-7-6-8-13-14(11)12(18)9-19(13)16(21)22-17(3,4)5/h6-10,15,20H,1-5H3/t15-/m1/s1. The Morgan fingerprint density at radius 1 is 1.32 bits per heavy atom. The first-order chi connectivity index (χ1) is 10.1. The van der Waals surface area contributed by atoms with Gasteiger partial charge in [-0.05, 0) is 54.2 Å². The fourth-order valence-corrected chi connectivity index (χ4v) is 2.97. The second-order valence-electron chi connectivity index (χ2n) is 6.76. The van der Waals surface area contributed by atoms with Gasteiger partial charge >= 0.3 is 6.09 Å². The van der Waals surface area contributed by atoms with Crippen molar-refractivity contribution in [1.82, 2.24) is 4.57 Å². The Morgan fingerprint density at radius 3 is 2.50 bits per heavy atom. The molecule has 0 aliphatic heterocycles. The summed E-state index contributed by atoms with van der Waals surface area (Å²) in [6.45, 7) is 9.42. The molecule has 2 aromatic rings. The molecule has 0 radical (unpaired) electrons. The molecule has 1 heterocycles. The quantitative estimate of drug-likeness (QED) is 0.822. The van der Waals surface area contributed by atoms with Crippen molar-refractivity contribution in [3.8, 4) is 0 Å². The molecule has 0 fully saturated rings. The molecular weight excluding hydrogens is 346 g/mol. The van der Waals surface area contributed by atoms with Crippen molar-refractivity contribution in [3.63, 3.8) is 0 Å². The maximum absolute atomic E-state index is 12.4. The molecule has 0 aliphatic rings. The lowest BCUT2D eigenvalue weighted by Gasteiger charge is -2.20. The van der Waals surface area contributed by atoms with E-state index in [-0.39, 0.29) is 5.92 Å². The molecule has 0 amide bonds. The van der Waals surface area contributed by atoms with Crippen LogP contribution in [0.2, 0.25) is 0 Å². The highest BCUT2D eigenvalue weighted by atomic mass is 79.9. The lowest BCUT2D eigenvalue weighted by Crippen LogP contribution is -2.26. The maximum atomic E-state index is 12.4. The summed E-state index contributed by atoms with van der Waals surface area (Å²) in [7, 11) is 0. The van der Waals surface area contributed by atoms with Crippen LogP contribution in [0.25, 0.3) is 10.9 Å². The zero-order valence-electron chi connectivity index (χ0n) is 13.6. The van der Waals surface area contributed by atoms with Gasteiger partial charge in [0.15, 0.2) is 0 Å². The molecule has 0 saturated carbocycles. The molecule has 0 unspecified atom stereocenters. The van der Waals surface area contributed by atoms with Crippen LogP contribution in [-0.4, -0.2) is 21.4 Å². The van der Waals surface area contributed by atoms with Crippen LogP contribution in [-0.2, 0) is 4.74 Å². The number of carbonyl (C=O) groups is 1. The Bertz CT molecular complexity index is 698. The number of ether oxygens (including phenoxy) is 1. The summed E-state index contributed by atoms with van der Waals surface area (Å²) in [4.78, 5) is 12.4. The van der Waals surface area contributed by atoms with Crippen LogP contribution in [0.4, 0.5) is 4.79 Å². The van der Waals surface area contributed by atoms with Crippen molar-refractivity contribution in [1.29, 1.82) is 0 Å². The van der Waals surface area contributed by atoms with E-state index in [0.29, 0.717) is 0 Å². The number of fused-ring (bicyclic) bond motifs is 1. The third-order valence-electron chi connectivity index (χ3n) is 3.36. The molecule has 0 spiro atoms. The van der Waals surface area contributed by atoms with Crippen molar-refractivity contribution in [2.75, 3.05) is 0 Å². The number of carbonyl (C=O) groups excluding carboxylic acids is 1. The molecule has 1 N–H and O–H groups in total. The third-order valence-corrected chi connectivity index (χ3v) is 3.96. The van der Waals surface area contributed by atoms with Gasteiger partial charge in [-0.15, -0.1) is 0 Å². The zero-order valence-corrected chi connectivity index (χ0v) is 15.1. The largest absolute Gasteiger partial charge is 0.443 e. The van der Waals surface area contributed by atoms with Crippen LogP contribution >= 0.6 is 15.9 Å². The molecule has 1 aromatic carbocycles. The monoisotopic (exact) mass is 367 g/mol. The van der Waals surface area contributed by atoms with Crippen molar-refractivity contribution in [3.05, 3.63) is 34.4 Å². The number of halogens is 1. The Hall–Kier alpha value is -1.33. The highest BCUT2D eigenvalue weighted by molar-refractivity contribution is 9.10. The molecule has 5 heteroatoms. The van der Waals surface area contributed by atoms with Gasteiger partial charge in [0, 0.05) is 16.1 Å².